The zero-order chi connectivity index (χ0) is 13.1. The molecule has 0 saturated heterocycles. The second-order valence-electron chi connectivity index (χ2n) is 4.63. The van der Waals surface area contributed by atoms with Crippen LogP contribution in [0.5, 0.6) is 0 Å². The number of anilines is 1. The Hall–Kier alpha value is -1.42. The van der Waals surface area contributed by atoms with E-state index in [0.29, 0.717) is 10.6 Å². The highest BCUT2D eigenvalue weighted by Gasteiger charge is 2.25. The highest BCUT2D eigenvalue weighted by molar-refractivity contribution is 6.31. The lowest BCUT2D eigenvalue weighted by molar-refractivity contribution is 0.318. The molecule has 0 heterocycles. The van der Waals surface area contributed by atoms with Crippen LogP contribution < -0.4 is 10.6 Å². The van der Waals surface area contributed by atoms with Gasteiger partial charge in [0.05, 0.1) is 0 Å². The van der Waals surface area contributed by atoms with Crippen LogP contribution in [0.25, 0.3) is 0 Å². The molecule has 3 N–H and O–H groups in total. The fourth-order valence-corrected chi connectivity index (χ4v) is 2.23. The van der Waals surface area contributed by atoms with Gasteiger partial charge >= 0.3 is 0 Å². The van der Waals surface area contributed by atoms with Crippen LogP contribution in [0.15, 0.2) is 23.4 Å². The van der Waals surface area contributed by atoms with E-state index in [2.05, 4.69) is 17.0 Å². The summed E-state index contributed by atoms with van der Waals surface area (Å²) in [5, 5.41) is 12.5. The van der Waals surface area contributed by atoms with Gasteiger partial charge in [-0.05, 0) is 43.9 Å². The van der Waals surface area contributed by atoms with Crippen LogP contribution in [-0.2, 0) is 0 Å². The zero-order valence-corrected chi connectivity index (χ0v) is 11.2. The summed E-state index contributed by atoms with van der Waals surface area (Å²) in [4.78, 5) is 2.25. The molecule has 2 rings (SSSR count). The SMILES string of the molecule is CCN(CC1CC1)c1ccc(Cl)cc1C(N)=NO. The number of hydrogen-bond donors (Lipinski definition) is 2. The average Bonchev–Trinajstić information content (AvgIpc) is 3.19. The maximum absolute atomic E-state index is 8.85. The van der Waals surface area contributed by atoms with E-state index in [4.69, 9.17) is 22.5 Å². The second-order valence-corrected chi connectivity index (χ2v) is 5.07. The highest BCUT2D eigenvalue weighted by atomic mass is 35.5. The molecule has 1 aromatic carbocycles. The Morgan fingerprint density at radius 2 is 2.28 bits per heavy atom. The van der Waals surface area contributed by atoms with Crippen LogP contribution in [0, 0.1) is 5.92 Å². The van der Waals surface area contributed by atoms with Crippen molar-refractivity contribution in [2.75, 3.05) is 18.0 Å². The Kier molecular flexibility index (Phi) is 3.97. The molecular weight excluding hydrogens is 250 g/mol. The minimum absolute atomic E-state index is 0.0988. The third kappa shape index (κ3) is 2.88. The zero-order valence-electron chi connectivity index (χ0n) is 10.4. The van der Waals surface area contributed by atoms with Crippen LogP contribution in [0.2, 0.25) is 5.02 Å². The normalized spacial score (nSPS) is 15.8. The molecule has 1 saturated carbocycles. The van der Waals surface area contributed by atoms with Crippen molar-refractivity contribution in [2.24, 2.45) is 16.8 Å². The van der Waals surface area contributed by atoms with Gasteiger partial charge in [-0.25, -0.2) is 0 Å². The first-order chi connectivity index (χ1) is 8.65. The third-order valence-corrected chi connectivity index (χ3v) is 3.48. The number of nitrogens with two attached hydrogens (primary N) is 1. The van der Waals surface area contributed by atoms with E-state index >= 15 is 0 Å². The van der Waals surface area contributed by atoms with Gasteiger partial charge in [-0.2, -0.15) is 0 Å². The fourth-order valence-electron chi connectivity index (χ4n) is 2.05. The average molecular weight is 268 g/mol. The van der Waals surface area contributed by atoms with E-state index < -0.39 is 0 Å². The maximum Gasteiger partial charge on any atom is 0.172 e. The summed E-state index contributed by atoms with van der Waals surface area (Å²) in [5.41, 5.74) is 7.38. The van der Waals surface area contributed by atoms with Crippen LogP contribution >= 0.6 is 11.6 Å². The number of rotatable bonds is 5. The van der Waals surface area contributed by atoms with Gasteiger partial charge < -0.3 is 15.8 Å². The molecule has 98 valence electrons. The molecule has 18 heavy (non-hydrogen) atoms. The number of nitrogens with zero attached hydrogens (tertiary/aromatic N) is 2. The molecule has 1 aliphatic carbocycles. The van der Waals surface area contributed by atoms with Gasteiger partial charge in [0.15, 0.2) is 5.84 Å². The summed E-state index contributed by atoms with van der Waals surface area (Å²) in [7, 11) is 0. The molecule has 5 heteroatoms. The first-order valence-electron chi connectivity index (χ1n) is 6.18. The number of amidine groups is 1. The fraction of sp³-hybridized carbons (Fsp3) is 0.462. The molecule has 0 radical (unpaired) electrons. The van der Waals surface area contributed by atoms with Gasteiger partial charge in [0.2, 0.25) is 0 Å². The minimum Gasteiger partial charge on any atom is -0.409 e. The molecule has 0 bridgehead atoms. The molecule has 4 nitrogen and oxygen atoms in total. The predicted molar refractivity (Wildman–Crippen MR) is 74.6 cm³/mol. The Balaban J connectivity index is 2.34. The predicted octanol–water partition coefficient (Wildman–Crippen LogP) is 2.67. The van der Waals surface area contributed by atoms with E-state index in [-0.39, 0.29) is 5.84 Å². The van der Waals surface area contributed by atoms with Gasteiger partial charge in [-0.3, -0.25) is 0 Å². The van der Waals surface area contributed by atoms with E-state index in [1.165, 1.54) is 12.8 Å². The number of hydrogen-bond acceptors (Lipinski definition) is 3. The Morgan fingerprint density at radius 1 is 1.56 bits per heavy atom. The van der Waals surface area contributed by atoms with Gasteiger partial charge in [-0.1, -0.05) is 16.8 Å². The van der Waals surface area contributed by atoms with Crippen LogP contribution in [0.3, 0.4) is 0 Å². The van der Waals surface area contributed by atoms with Crippen molar-refractivity contribution in [1.29, 1.82) is 0 Å². The van der Waals surface area contributed by atoms with E-state index in [1.807, 2.05) is 12.1 Å². The Morgan fingerprint density at radius 3 is 2.83 bits per heavy atom. The molecule has 1 aliphatic rings. The van der Waals surface area contributed by atoms with Crippen molar-refractivity contribution >= 4 is 23.1 Å². The smallest absolute Gasteiger partial charge is 0.172 e. The maximum atomic E-state index is 8.85. The number of benzene rings is 1. The molecule has 0 atom stereocenters. The highest BCUT2D eigenvalue weighted by Crippen LogP contribution is 2.33. The second kappa shape index (κ2) is 5.48. The number of oxime groups is 1. The monoisotopic (exact) mass is 267 g/mol. The van der Waals surface area contributed by atoms with Crippen molar-refractivity contribution in [3.05, 3.63) is 28.8 Å². The van der Waals surface area contributed by atoms with Crippen LogP contribution in [-0.4, -0.2) is 24.1 Å². The minimum atomic E-state index is 0.0988. The third-order valence-electron chi connectivity index (χ3n) is 3.24. The molecule has 0 amide bonds. The van der Waals surface area contributed by atoms with Crippen molar-refractivity contribution in [3.63, 3.8) is 0 Å². The van der Waals surface area contributed by atoms with Gasteiger partial charge in [0.25, 0.3) is 0 Å². The summed E-state index contributed by atoms with van der Waals surface area (Å²) in [6.07, 6.45) is 2.59. The van der Waals surface area contributed by atoms with Crippen LogP contribution in [0.4, 0.5) is 5.69 Å². The van der Waals surface area contributed by atoms with Gasteiger partial charge in [-0.15, -0.1) is 0 Å². The summed E-state index contributed by atoms with van der Waals surface area (Å²) in [5.74, 6) is 0.877. The summed E-state index contributed by atoms with van der Waals surface area (Å²) in [6, 6.07) is 5.50. The first kappa shape index (κ1) is 13.0. The molecule has 1 fully saturated rings. The molecule has 0 unspecified atom stereocenters. The van der Waals surface area contributed by atoms with Crippen molar-refractivity contribution in [2.45, 2.75) is 19.8 Å². The Bertz CT molecular complexity index is 458. The standard InChI is InChI=1S/C13H18ClN3O/c1-2-17(8-9-3-4-9)12-6-5-10(14)7-11(12)13(15)16-18/h5-7,9,18H,2-4,8H2,1H3,(H2,15,16). The topological polar surface area (TPSA) is 61.8 Å². The summed E-state index contributed by atoms with van der Waals surface area (Å²) >= 11 is 5.97. The molecule has 1 aromatic rings. The quantitative estimate of drug-likeness (QED) is 0.373. The Labute approximate surface area is 112 Å². The van der Waals surface area contributed by atoms with Gasteiger partial charge in [0, 0.05) is 29.4 Å². The van der Waals surface area contributed by atoms with Gasteiger partial charge in [0.1, 0.15) is 0 Å². The first-order valence-corrected chi connectivity index (χ1v) is 6.56. The summed E-state index contributed by atoms with van der Waals surface area (Å²) < 4.78 is 0. The van der Waals surface area contributed by atoms with E-state index in [0.717, 1.165) is 24.7 Å². The van der Waals surface area contributed by atoms with Crippen molar-refractivity contribution in [1.82, 2.24) is 0 Å². The van der Waals surface area contributed by atoms with E-state index in [9.17, 15) is 0 Å². The van der Waals surface area contributed by atoms with Crippen molar-refractivity contribution in [3.8, 4) is 0 Å². The molecular formula is C13H18ClN3O. The van der Waals surface area contributed by atoms with Crippen LogP contribution in [0.1, 0.15) is 25.3 Å². The lowest BCUT2D eigenvalue weighted by Crippen LogP contribution is -2.28. The van der Waals surface area contributed by atoms with Crippen molar-refractivity contribution < 1.29 is 5.21 Å². The number of halogens is 1. The van der Waals surface area contributed by atoms with E-state index in [1.54, 1.807) is 6.07 Å². The lowest BCUT2D eigenvalue weighted by Gasteiger charge is -2.25. The lowest BCUT2D eigenvalue weighted by atomic mass is 10.1. The molecule has 0 aromatic heterocycles. The largest absolute Gasteiger partial charge is 0.409 e. The summed E-state index contributed by atoms with van der Waals surface area (Å²) in [6.45, 7) is 4.01. The molecule has 0 spiro atoms. The molecule has 0 aliphatic heterocycles.